The van der Waals surface area contributed by atoms with E-state index in [0.29, 0.717) is 5.41 Å². The molecule has 1 aliphatic heterocycles. The van der Waals surface area contributed by atoms with Gasteiger partial charge in [0.25, 0.3) is 0 Å². The fourth-order valence-electron chi connectivity index (χ4n) is 2.15. The highest BCUT2D eigenvalue weighted by Gasteiger charge is 2.25. The lowest BCUT2D eigenvalue weighted by atomic mass is 9.80. The van der Waals surface area contributed by atoms with E-state index in [2.05, 4.69) is 18.7 Å². The van der Waals surface area contributed by atoms with E-state index in [4.69, 9.17) is 5.73 Å². The van der Waals surface area contributed by atoms with Gasteiger partial charge in [0, 0.05) is 13.1 Å². The van der Waals surface area contributed by atoms with Crippen LogP contribution in [0, 0.1) is 5.41 Å². The molecule has 0 bridgehead atoms. The van der Waals surface area contributed by atoms with E-state index in [9.17, 15) is 0 Å². The van der Waals surface area contributed by atoms with Crippen molar-refractivity contribution in [2.45, 2.75) is 39.5 Å². The van der Waals surface area contributed by atoms with Crippen LogP contribution in [0.3, 0.4) is 0 Å². The average Bonchev–Trinajstić information content (AvgIpc) is 2.31. The third-order valence-electron chi connectivity index (χ3n) is 3.59. The Balaban J connectivity index is 0.00000169. The Hall–Kier alpha value is 0.210. The molecule has 0 spiro atoms. The molecule has 1 atom stereocenters. The van der Waals surface area contributed by atoms with Crippen LogP contribution in [0.2, 0.25) is 0 Å². The van der Waals surface area contributed by atoms with Gasteiger partial charge in [0.1, 0.15) is 0 Å². The minimum atomic E-state index is 0. The van der Waals surface area contributed by atoms with Gasteiger partial charge in [-0.15, -0.1) is 12.4 Å². The van der Waals surface area contributed by atoms with Crippen molar-refractivity contribution >= 4 is 12.4 Å². The van der Waals surface area contributed by atoms with Gasteiger partial charge in [-0.05, 0) is 37.8 Å². The summed E-state index contributed by atoms with van der Waals surface area (Å²) >= 11 is 0. The molecule has 0 aromatic rings. The van der Waals surface area contributed by atoms with Crippen molar-refractivity contribution < 1.29 is 0 Å². The molecule has 2 nitrogen and oxygen atoms in total. The number of nitrogens with two attached hydrogens (primary N) is 1. The molecule has 1 unspecified atom stereocenters. The monoisotopic (exact) mass is 220 g/mol. The van der Waals surface area contributed by atoms with E-state index in [1.54, 1.807) is 0 Å². The van der Waals surface area contributed by atoms with E-state index in [1.165, 1.54) is 38.8 Å². The second-order valence-electron chi connectivity index (χ2n) is 4.65. The van der Waals surface area contributed by atoms with Crippen LogP contribution in [0.15, 0.2) is 0 Å². The van der Waals surface area contributed by atoms with Crippen molar-refractivity contribution in [3.05, 3.63) is 0 Å². The Morgan fingerprint density at radius 2 is 2.00 bits per heavy atom. The van der Waals surface area contributed by atoms with E-state index in [0.717, 1.165) is 13.1 Å². The Bertz CT molecular complexity index is 152. The quantitative estimate of drug-likeness (QED) is 0.791. The molecule has 1 fully saturated rings. The first kappa shape index (κ1) is 14.2. The fourth-order valence-corrected chi connectivity index (χ4v) is 2.15. The van der Waals surface area contributed by atoms with Crippen molar-refractivity contribution in [3.63, 3.8) is 0 Å². The second-order valence-corrected chi connectivity index (χ2v) is 4.65. The van der Waals surface area contributed by atoms with Crippen LogP contribution in [-0.4, -0.2) is 31.1 Å². The minimum absolute atomic E-state index is 0. The van der Waals surface area contributed by atoms with Crippen LogP contribution in [-0.2, 0) is 0 Å². The molecule has 1 aliphatic rings. The van der Waals surface area contributed by atoms with Crippen molar-refractivity contribution in [3.8, 4) is 0 Å². The lowest BCUT2D eigenvalue weighted by Gasteiger charge is -2.26. The van der Waals surface area contributed by atoms with Gasteiger partial charge in [0.05, 0.1) is 0 Å². The van der Waals surface area contributed by atoms with E-state index in [1.807, 2.05) is 0 Å². The minimum Gasteiger partial charge on any atom is -0.329 e. The first-order valence-corrected chi connectivity index (χ1v) is 5.62. The number of rotatable bonds is 3. The zero-order valence-electron chi connectivity index (χ0n) is 9.59. The summed E-state index contributed by atoms with van der Waals surface area (Å²) < 4.78 is 0. The predicted octanol–water partition coefficient (Wildman–Crippen LogP) is 2.27. The molecular formula is C11H25ClN2. The van der Waals surface area contributed by atoms with Crippen LogP contribution in [0.1, 0.15) is 39.5 Å². The summed E-state index contributed by atoms with van der Waals surface area (Å²) in [5, 5.41) is 0. The van der Waals surface area contributed by atoms with Gasteiger partial charge in [-0.3, -0.25) is 0 Å². The lowest BCUT2D eigenvalue weighted by Crippen LogP contribution is -2.30. The Morgan fingerprint density at radius 1 is 1.29 bits per heavy atom. The van der Waals surface area contributed by atoms with Crippen LogP contribution < -0.4 is 5.73 Å². The van der Waals surface area contributed by atoms with Gasteiger partial charge in [-0.2, -0.15) is 0 Å². The summed E-state index contributed by atoms with van der Waals surface area (Å²) in [6.45, 7) is 9.15. The van der Waals surface area contributed by atoms with Gasteiger partial charge in [0.2, 0.25) is 0 Å². The smallest absolute Gasteiger partial charge is 0.0105 e. The van der Waals surface area contributed by atoms with Crippen LogP contribution in [0.4, 0.5) is 0 Å². The first-order valence-electron chi connectivity index (χ1n) is 5.62. The molecule has 1 heterocycles. The summed E-state index contributed by atoms with van der Waals surface area (Å²) in [6, 6.07) is 0. The Labute approximate surface area is 94.6 Å². The maximum absolute atomic E-state index is 5.57. The Morgan fingerprint density at radius 3 is 2.57 bits per heavy atom. The van der Waals surface area contributed by atoms with Gasteiger partial charge in [-0.25, -0.2) is 0 Å². The summed E-state index contributed by atoms with van der Waals surface area (Å²) in [5.41, 5.74) is 6.17. The lowest BCUT2D eigenvalue weighted by molar-refractivity contribution is 0.245. The van der Waals surface area contributed by atoms with Crippen molar-refractivity contribution in [1.82, 2.24) is 4.90 Å². The number of nitrogens with zero attached hydrogens (tertiary/aromatic N) is 1. The molecule has 0 aromatic heterocycles. The molecule has 3 heteroatoms. The second kappa shape index (κ2) is 6.65. The van der Waals surface area contributed by atoms with E-state index < -0.39 is 0 Å². The summed E-state index contributed by atoms with van der Waals surface area (Å²) in [5.74, 6) is 0. The summed E-state index contributed by atoms with van der Waals surface area (Å²) in [6.07, 6.45) is 5.42. The predicted molar refractivity (Wildman–Crippen MR) is 65.0 cm³/mol. The highest BCUT2D eigenvalue weighted by Crippen LogP contribution is 2.33. The zero-order chi connectivity index (χ0) is 9.73. The number of likely N-dealkylation sites (tertiary alicyclic amines) is 1. The van der Waals surface area contributed by atoms with Crippen molar-refractivity contribution in [2.75, 3.05) is 26.2 Å². The average molecular weight is 221 g/mol. The molecule has 86 valence electrons. The standard InChI is InChI=1S/C11H24N2.ClH/c1-3-11(2)5-4-8-13(9-6-11)10-7-12;/h3-10,12H2,1-2H3;1H. The largest absolute Gasteiger partial charge is 0.329 e. The molecule has 2 N–H and O–H groups in total. The third-order valence-corrected chi connectivity index (χ3v) is 3.59. The summed E-state index contributed by atoms with van der Waals surface area (Å²) in [4.78, 5) is 2.51. The van der Waals surface area contributed by atoms with E-state index in [-0.39, 0.29) is 12.4 Å². The summed E-state index contributed by atoms with van der Waals surface area (Å²) in [7, 11) is 0. The highest BCUT2D eigenvalue weighted by atomic mass is 35.5. The zero-order valence-corrected chi connectivity index (χ0v) is 10.4. The SMILES string of the molecule is CCC1(C)CCCN(CCN)CC1.Cl. The fraction of sp³-hybridized carbons (Fsp3) is 1.00. The molecule has 0 aliphatic carbocycles. The Kier molecular flexibility index (Phi) is 6.75. The molecule has 0 amide bonds. The molecule has 0 radical (unpaired) electrons. The molecule has 0 saturated carbocycles. The molecule has 1 rings (SSSR count). The normalized spacial score (nSPS) is 29.4. The molecule has 1 saturated heterocycles. The topological polar surface area (TPSA) is 29.3 Å². The molecule has 14 heavy (non-hydrogen) atoms. The third kappa shape index (κ3) is 4.16. The van der Waals surface area contributed by atoms with Gasteiger partial charge in [0.15, 0.2) is 0 Å². The maximum Gasteiger partial charge on any atom is 0.0105 e. The van der Waals surface area contributed by atoms with E-state index >= 15 is 0 Å². The van der Waals surface area contributed by atoms with Gasteiger partial charge in [-0.1, -0.05) is 20.3 Å². The van der Waals surface area contributed by atoms with Crippen LogP contribution >= 0.6 is 12.4 Å². The van der Waals surface area contributed by atoms with Crippen LogP contribution in [0.25, 0.3) is 0 Å². The first-order chi connectivity index (χ1) is 6.20. The number of hydrogen-bond donors (Lipinski definition) is 1. The van der Waals surface area contributed by atoms with Crippen molar-refractivity contribution in [2.24, 2.45) is 11.1 Å². The maximum atomic E-state index is 5.57. The van der Waals surface area contributed by atoms with Crippen LogP contribution in [0.5, 0.6) is 0 Å². The number of halogens is 1. The number of hydrogen-bond acceptors (Lipinski definition) is 2. The molecular weight excluding hydrogens is 196 g/mol. The molecule has 0 aromatic carbocycles. The van der Waals surface area contributed by atoms with Crippen molar-refractivity contribution in [1.29, 1.82) is 0 Å². The van der Waals surface area contributed by atoms with Gasteiger partial charge < -0.3 is 10.6 Å². The highest BCUT2D eigenvalue weighted by molar-refractivity contribution is 5.85. The van der Waals surface area contributed by atoms with Gasteiger partial charge >= 0.3 is 0 Å².